The van der Waals surface area contributed by atoms with Crippen LogP contribution in [0.1, 0.15) is 143 Å². The fraction of sp³-hybridized carbons (Fsp3) is 0.321. The number of fused-ring (bicyclic) bond motifs is 2. The maximum atomic E-state index is 13.0. The second-order valence-electron chi connectivity index (χ2n) is 29.0. The summed E-state index contributed by atoms with van der Waals surface area (Å²) in [6.45, 7) is 30.2. The number of hydrogen-bond donors (Lipinski definition) is 5. The number of anilines is 1. The Morgan fingerprint density at radius 3 is 1.38 bits per heavy atom. The van der Waals surface area contributed by atoms with E-state index in [2.05, 4.69) is 58.0 Å². The molecule has 0 aliphatic heterocycles. The van der Waals surface area contributed by atoms with Gasteiger partial charge in [-0.3, -0.25) is 4.79 Å². The van der Waals surface area contributed by atoms with Crippen LogP contribution in [0, 0.1) is 0 Å². The number of ketones is 1. The summed E-state index contributed by atoms with van der Waals surface area (Å²) in [7, 11) is -7.43. The van der Waals surface area contributed by atoms with Crippen LogP contribution in [-0.2, 0) is 78.0 Å². The number of aromatic nitrogens is 6. The fourth-order valence-electron chi connectivity index (χ4n) is 10.5. The molecule has 1 unspecified atom stereocenters. The molecule has 0 radical (unpaired) electrons. The van der Waals surface area contributed by atoms with E-state index in [1.165, 1.54) is 59.0 Å². The number of phenols is 3. The second kappa shape index (κ2) is 31.2. The molecule has 102 heavy (non-hydrogen) atoms. The number of carbonyl (C=O) groups excluding carboxylic acids is 3. The minimum atomic E-state index is -3.73. The molecule has 2 heterocycles. The maximum absolute atomic E-state index is 13.0. The molecular weight excluding hydrogens is 1340 g/mol. The number of aliphatic hydroxyl groups excluding tert-OH is 1. The van der Waals surface area contributed by atoms with Crippen molar-refractivity contribution < 1.29 is 61.1 Å². The van der Waals surface area contributed by atoms with Crippen molar-refractivity contribution in [1.29, 1.82) is 0 Å². The number of carbonyl (C=O) groups is 3. The number of azo groups is 1. The van der Waals surface area contributed by atoms with Crippen LogP contribution in [0.4, 0.5) is 17.1 Å². The molecule has 1 atom stereocenters. The molecule has 8 aromatic carbocycles. The van der Waals surface area contributed by atoms with Crippen molar-refractivity contribution in [2.45, 2.75) is 170 Å². The van der Waals surface area contributed by atoms with Gasteiger partial charge in [0, 0.05) is 35.1 Å². The number of benzene rings is 8. The molecule has 2 aromatic heterocycles. The molecule has 536 valence electrons. The number of ether oxygens (including phenoxy) is 2. The number of esters is 2. The lowest BCUT2D eigenvalue weighted by Gasteiger charge is -2.26. The van der Waals surface area contributed by atoms with E-state index in [-0.39, 0.29) is 101 Å². The number of Topliss-reactive ketones (excluding diaryl/α,β-unsaturated/α-hetero) is 1. The summed E-state index contributed by atoms with van der Waals surface area (Å²) in [4.78, 5) is 38.5. The molecular formula is C78H89N9O13S2. The first kappa shape index (κ1) is 77.3. The van der Waals surface area contributed by atoms with Crippen molar-refractivity contribution in [2.75, 3.05) is 18.9 Å². The zero-order chi connectivity index (χ0) is 75.0. The summed E-state index contributed by atoms with van der Waals surface area (Å²) in [6.07, 6.45) is 0.196. The highest BCUT2D eigenvalue weighted by molar-refractivity contribution is 7.91. The average Bonchev–Trinajstić information content (AvgIpc) is 1.30. The van der Waals surface area contributed by atoms with Gasteiger partial charge in [0.2, 0.25) is 19.7 Å². The van der Waals surface area contributed by atoms with Crippen LogP contribution in [0.3, 0.4) is 0 Å². The van der Waals surface area contributed by atoms with Crippen LogP contribution >= 0.6 is 0 Å². The normalized spacial score (nSPS) is 12.5. The van der Waals surface area contributed by atoms with Crippen molar-refractivity contribution in [3.8, 4) is 28.6 Å². The molecule has 0 aliphatic carbocycles. The minimum absolute atomic E-state index is 0.0471. The molecule has 10 rings (SSSR count). The number of sulfone groups is 2. The topological polar surface area (TPSA) is 331 Å². The van der Waals surface area contributed by atoms with Crippen molar-refractivity contribution in [3.63, 3.8) is 0 Å². The Hall–Kier alpha value is -10.4. The van der Waals surface area contributed by atoms with E-state index >= 15 is 0 Å². The Morgan fingerprint density at radius 2 is 0.912 bits per heavy atom. The highest BCUT2D eigenvalue weighted by Gasteiger charge is 2.29. The predicted molar refractivity (Wildman–Crippen MR) is 393 cm³/mol. The molecule has 0 bridgehead atoms. The summed E-state index contributed by atoms with van der Waals surface area (Å²) >= 11 is 0. The van der Waals surface area contributed by atoms with Gasteiger partial charge in [-0.25, -0.2) is 21.6 Å². The van der Waals surface area contributed by atoms with Gasteiger partial charge in [0.1, 0.15) is 87.2 Å². The number of hydrogen-bond acceptors (Lipinski definition) is 20. The van der Waals surface area contributed by atoms with Crippen LogP contribution in [0.25, 0.3) is 33.4 Å². The van der Waals surface area contributed by atoms with Gasteiger partial charge in [-0.2, -0.15) is 0 Å². The van der Waals surface area contributed by atoms with E-state index in [0.717, 1.165) is 27.8 Å². The quantitative estimate of drug-likeness (QED) is 0.0217. The first-order valence-electron chi connectivity index (χ1n) is 33.0. The average molecular weight is 1420 g/mol. The number of aromatic hydroxyl groups is 3. The van der Waals surface area contributed by atoms with Crippen molar-refractivity contribution in [1.82, 2.24) is 30.0 Å². The number of phenolic OH excluding ortho intramolecular Hbond substituents is 3. The van der Waals surface area contributed by atoms with Gasteiger partial charge in [0.05, 0.1) is 25.3 Å². The molecule has 0 saturated carbocycles. The summed E-state index contributed by atoms with van der Waals surface area (Å²) in [5.41, 5.74) is 13.9. The molecule has 6 N–H and O–H groups in total. The summed E-state index contributed by atoms with van der Waals surface area (Å²) < 4.78 is 61.9. The Kier molecular flexibility index (Phi) is 23.7. The number of rotatable bonds is 19. The van der Waals surface area contributed by atoms with E-state index in [9.17, 15) is 51.6 Å². The molecule has 0 spiro atoms. The second-order valence-corrected chi connectivity index (χ2v) is 32.9. The monoisotopic (exact) mass is 1420 g/mol. The van der Waals surface area contributed by atoms with Crippen LogP contribution in [-0.4, -0.2) is 104 Å². The highest BCUT2D eigenvalue weighted by Crippen LogP contribution is 2.44. The van der Waals surface area contributed by atoms with E-state index in [1.54, 1.807) is 79.7 Å². The third kappa shape index (κ3) is 19.1. The van der Waals surface area contributed by atoms with Crippen LogP contribution in [0.5, 0.6) is 17.2 Å². The SMILES string of the molecule is C=C(C)C(=O)OCC(O)COC(=O)CCc1cc(-n2nc3ccccc3n2)c(O)c(C(C)(C)C)c1.CC(=O)CCc1cc(-n2nc3ccc(S(=O)(=O)c4ccccc4)cc3n2)c(O)c(C(C)(C)C)c1.CC(C)(C)c1cc(N=Nc2cc(S(=O)(=O)c3ccccc3)ccc2N)c(O)c(C(C)(C)C)c1. The Balaban J connectivity index is 0.000000194. The zero-order valence-electron chi connectivity index (χ0n) is 60.0. The third-order valence-electron chi connectivity index (χ3n) is 16.3. The van der Waals surface area contributed by atoms with E-state index in [4.69, 9.17) is 15.2 Å². The lowest BCUT2D eigenvalue weighted by Crippen LogP contribution is -2.25. The zero-order valence-corrected chi connectivity index (χ0v) is 61.6. The first-order chi connectivity index (χ1) is 47.6. The largest absolute Gasteiger partial charge is 0.505 e. The van der Waals surface area contributed by atoms with Crippen molar-refractivity contribution >= 4 is 76.5 Å². The Labute approximate surface area is 595 Å². The smallest absolute Gasteiger partial charge is 0.333 e. The fourth-order valence-corrected chi connectivity index (χ4v) is 13.1. The molecule has 0 amide bonds. The Bertz CT molecular complexity index is 4990. The Morgan fingerprint density at radius 1 is 0.490 bits per heavy atom. The predicted octanol–water partition coefficient (Wildman–Crippen LogP) is 15.0. The minimum Gasteiger partial charge on any atom is -0.505 e. The number of nitrogens with zero attached hydrogens (tertiary/aromatic N) is 8. The lowest BCUT2D eigenvalue weighted by atomic mass is 9.80. The number of nitrogen functional groups attached to an aromatic ring is 1. The lowest BCUT2D eigenvalue weighted by molar-refractivity contribution is -0.150. The van der Waals surface area contributed by atoms with Gasteiger partial charge in [-0.05, 0) is 156 Å². The van der Waals surface area contributed by atoms with Gasteiger partial charge >= 0.3 is 11.9 Å². The number of aryl methyl sites for hydroxylation is 2. The van der Waals surface area contributed by atoms with E-state index in [1.807, 2.05) is 105 Å². The summed E-state index contributed by atoms with van der Waals surface area (Å²) in [6, 6.07) is 43.8. The van der Waals surface area contributed by atoms with Crippen LogP contribution < -0.4 is 5.73 Å². The molecule has 0 saturated heterocycles. The third-order valence-corrected chi connectivity index (χ3v) is 19.9. The van der Waals surface area contributed by atoms with E-state index < -0.39 is 37.7 Å². The van der Waals surface area contributed by atoms with Crippen molar-refractivity contribution in [3.05, 3.63) is 203 Å². The number of nitrogens with two attached hydrogens (primary N) is 1. The highest BCUT2D eigenvalue weighted by atomic mass is 32.2. The molecule has 10 aromatic rings. The van der Waals surface area contributed by atoms with Gasteiger partial charge in [0.25, 0.3) is 0 Å². The van der Waals surface area contributed by atoms with Gasteiger partial charge < -0.3 is 40.4 Å². The van der Waals surface area contributed by atoms with Gasteiger partial charge in [-0.1, -0.05) is 156 Å². The molecule has 22 nitrogen and oxygen atoms in total. The molecule has 24 heteroatoms. The molecule has 0 fully saturated rings. The van der Waals surface area contributed by atoms with Gasteiger partial charge in [0.15, 0.2) is 0 Å². The standard InChI is InChI=1S/C26H31N3O6.C26H27N3O4S.C26H31N3O3S/c1-16(2)25(33)35-15-18(30)14-34-23(31)11-10-17-12-19(26(3,4)5)24(32)22(13-17)29-27-20-8-6-7-9-21(20)28-29;1-17(30)10-11-18-14-21(26(2,3)4)25(31)24(15-18)29-27-22-13-12-20(16-23(22)28-29)34(32,33)19-8-6-5-7-9-19;1-25(2,3)17-14-20(26(4,5)6)24(30)23(15-17)29-28-22-16-19(12-13-21(22)27)33(31,32)18-10-8-7-9-11-18/h6-9,12-13,18,30,32H,1,10-11,14-15H2,2-5H3;5-9,12-16,31H,10-11H2,1-4H3;7-16,30H,27H2,1-6H3. The number of aliphatic hydroxyl groups is 1. The van der Waals surface area contributed by atoms with Crippen LogP contribution in [0.15, 0.2) is 200 Å². The van der Waals surface area contributed by atoms with Crippen LogP contribution in [0.2, 0.25) is 0 Å². The summed E-state index contributed by atoms with van der Waals surface area (Å²) in [5.74, 6) is -0.862. The maximum Gasteiger partial charge on any atom is 0.333 e. The first-order valence-corrected chi connectivity index (χ1v) is 36.0. The summed E-state index contributed by atoms with van der Waals surface area (Å²) in [5, 5.41) is 69.3. The van der Waals surface area contributed by atoms with Crippen molar-refractivity contribution in [2.24, 2.45) is 10.2 Å². The van der Waals surface area contributed by atoms with E-state index in [0.29, 0.717) is 64.0 Å². The van der Waals surface area contributed by atoms with Gasteiger partial charge in [-0.15, -0.1) is 40.2 Å². The molecule has 0 aliphatic rings.